The topological polar surface area (TPSA) is 18.5 Å². The molecule has 0 aromatic heterocycles. The Kier molecular flexibility index (Phi) is 12.6. The molecule has 0 radical (unpaired) electrons. The van der Waals surface area contributed by atoms with Gasteiger partial charge in [0.2, 0.25) is 0 Å². The Labute approximate surface area is 192 Å². The highest BCUT2D eigenvalue weighted by Crippen LogP contribution is 2.27. The maximum atomic E-state index is 6.50. The van der Waals surface area contributed by atoms with Crippen molar-refractivity contribution < 1.29 is 8.85 Å². The molecule has 2 aromatic rings. The van der Waals surface area contributed by atoms with E-state index in [0.29, 0.717) is 0 Å². The van der Waals surface area contributed by atoms with E-state index in [9.17, 15) is 0 Å². The Balaban J connectivity index is 1.70. The van der Waals surface area contributed by atoms with Gasteiger partial charge in [0.25, 0.3) is 0 Å². The number of benzene rings is 2. The second-order valence-electron chi connectivity index (χ2n) is 8.64. The minimum absolute atomic E-state index is 0.840. The molecule has 2 aromatic carbocycles. The molecular weight excluding hydrogens is 396 g/mol. The molecule has 0 atom stereocenters. The monoisotopic (exact) mass is 440 g/mol. The van der Waals surface area contributed by atoms with Crippen molar-refractivity contribution in [2.45, 2.75) is 97.1 Å². The highest BCUT2D eigenvalue weighted by atomic mass is 28.4. The van der Waals surface area contributed by atoms with Gasteiger partial charge >= 0.3 is 8.56 Å². The summed E-state index contributed by atoms with van der Waals surface area (Å²) in [6.45, 7) is 7.55. The van der Waals surface area contributed by atoms with Crippen LogP contribution in [0.5, 0.6) is 5.75 Å². The molecule has 0 aliphatic heterocycles. The SMILES string of the molecule is CCCCCCCCCCCCO[Si](CC)(CC)Oc1ccc(-c2ccccc2)cc1. The second-order valence-corrected chi connectivity index (χ2v) is 12.4. The highest BCUT2D eigenvalue weighted by molar-refractivity contribution is 6.68. The fourth-order valence-corrected chi connectivity index (χ4v) is 6.37. The molecule has 0 aliphatic rings. The lowest BCUT2D eigenvalue weighted by molar-refractivity contribution is 0.230. The number of rotatable bonds is 17. The third-order valence-electron chi connectivity index (χ3n) is 6.21. The molecule has 0 saturated carbocycles. The zero-order chi connectivity index (χ0) is 22.2. The first-order valence-electron chi connectivity index (χ1n) is 12.7. The summed E-state index contributed by atoms with van der Waals surface area (Å²) in [5.41, 5.74) is 2.46. The van der Waals surface area contributed by atoms with E-state index in [1.807, 2.05) is 0 Å². The predicted octanol–water partition coefficient (Wildman–Crippen LogP) is 9.15. The van der Waals surface area contributed by atoms with Crippen LogP contribution in [0.2, 0.25) is 12.1 Å². The average Bonchev–Trinajstić information content (AvgIpc) is 2.83. The van der Waals surface area contributed by atoms with Crippen LogP contribution < -0.4 is 4.43 Å². The first-order valence-corrected chi connectivity index (χ1v) is 14.9. The quantitative estimate of drug-likeness (QED) is 0.180. The summed E-state index contributed by atoms with van der Waals surface area (Å²) in [4.78, 5) is 0. The van der Waals surface area contributed by atoms with Gasteiger partial charge in [-0.3, -0.25) is 0 Å². The molecule has 3 heteroatoms. The van der Waals surface area contributed by atoms with Gasteiger partial charge in [-0.15, -0.1) is 0 Å². The van der Waals surface area contributed by atoms with Gasteiger partial charge in [-0.1, -0.05) is 121 Å². The summed E-state index contributed by atoms with van der Waals surface area (Å²) in [7, 11) is -2.17. The maximum Gasteiger partial charge on any atom is 0.398 e. The molecular formula is C28H44O2Si. The smallest absolute Gasteiger partial charge is 0.398 e. The van der Waals surface area contributed by atoms with Crippen LogP contribution in [-0.4, -0.2) is 15.2 Å². The van der Waals surface area contributed by atoms with Gasteiger partial charge in [0, 0.05) is 6.61 Å². The van der Waals surface area contributed by atoms with Crippen LogP contribution in [0.4, 0.5) is 0 Å². The third kappa shape index (κ3) is 9.61. The van der Waals surface area contributed by atoms with Crippen LogP contribution in [0.25, 0.3) is 11.1 Å². The molecule has 0 N–H and O–H groups in total. The number of hydrogen-bond donors (Lipinski definition) is 0. The Morgan fingerprint density at radius 1 is 0.581 bits per heavy atom. The van der Waals surface area contributed by atoms with Crippen LogP contribution >= 0.6 is 0 Å². The van der Waals surface area contributed by atoms with Crippen molar-refractivity contribution in [1.29, 1.82) is 0 Å². The molecule has 0 unspecified atom stereocenters. The van der Waals surface area contributed by atoms with Crippen molar-refractivity contribution in [3.8, 4) is 16.9 Å². The molecule has 2 nitrogen and oxygen atoms in total. The minimum atomic E-state index is -2.17. The molecule has 0 amide bonds. The molecule has 0 spiro atoms. The van der Waals surface area contributed by atoms with Gasteiger partial charge in [-0.05, 0) is 41.8 Å². The fourth-order valence-electron chi connectivity index (χ4n) is 4.04. The van der Waals surface area contributed by atoms with Gasteiger partial charge < -0.3 is 8.85 Å². The normalized spacial score (nSPS) is 11.6. The first kappa shape index (κ1) is 25.7. The van der Waals surface area contributed by atoms with Crippen molar-refractivity contribution >= 4 is 8.56 Å². The van der Waals surface area contributed by atoms with Gasteiger partial charge in [0.15, 0.2) is 0 Å². The average molecular weight is 441 g/mol. The zero-order valence-corrected chi connectivity index (χ0v) is 21.2. The first-order chi connectivity index (χ1) is 15.2. The van der Waals surface area contributed by atoms with E-state index in [1.54, 1.807) is 0 Å². The summed E-state index contributed by atoms with van der Waals surface area (Å²) in [5.74, 6) is 0.943. The molecule has 0 fully saturated rings. The van der Waals surface area contributed by atoms with E-state index >= 15 is 0 Å². The second kappa shape index (κ2) is 15.3. The van der Waals surface area contributed by atoms with E-state index in [2.05, 4.69) is 75.4 Å². The summed E-state index contributed by atoms with van der Waals surface area (Å²) >= 11 is 0. The van der Waals surface area contributed by atoms with Crippen LogP contribution in [0.1, 0.15) is 85.0 Å². The van der Waals surface area contributed by atoms with Crippen LogP contribution in [0.3, 0.4) is 0 Å². The Morgan fingerprint density at radius 2 is 1.10 bits per heavy atom. The summed E-state index contributed by atoms with van der Waals surface area (Å²) < 4.78 is 12.9. The molecule has 31 heavy (non-hydrogen) atoms. The van der Waals surface area contributed by atoms with E-state index in [1.165, 1.54) is 68.9 Å². The summed E-state index contributed by atoms with van der Waals surface area (Å²) in [6.07, 6.45) is 13.5. The molecule has 0 heterocycles. The molecule has 172 valence electrons. The van der Waals surface area contributed by atoms with Crippen LogP contribution in [0, 0.1) is 0 Å². The van der Waals surface area contributed by atoms with Crippen LogP contribution in [0.15, 0.2) is 54.6 Å². The Hall–Kier alpha value is -1.58. The lowest BCUT2D eigenvalue weighted by Gasteiger charge is -2.29. The van der Waals surface area contributed by atoms with E-state index < -0.39 is 8.56 Å². The van der Waals surface area contributed by atoms with Crippen LogP contribution in [-0.2, 0) is 4.43 Å². The minimum Gasteiger partial charge on any atom is -0.520 e. The van der Waals surface area contributed by atoms with E-state index in [-0.39, 0.29) is 0 Å². The van der Waals surface area contributed by atoms with Gasteiger partial charge in [-0.2, -0.15) is 0 Å². The van der Waals surface area contributed by atoms with Gasteiger partial charge in [0.05, 0.1) is 0 Å². The Morgan fingerprint density at radius 3 is 1.65 bits per heavy atom. The zero-order valence-electron chi connectivity index (χ0n) is 20.2. The fraction of sp³-hybridized carbons (Fsp3) is 0.571. The summed E-state index contributed by atoms with van der Waals surface area (Å²) in [6, 6.07) is 21.0. The lowest BCUT2D eigenvalue weighted by atomic mass is 10.1. The largest absolute Gasteiger partial charge is 0.520 e. The maximum absolute atomic E-state index is 6.50. The predicted molar refractivity (Wildman–Crippen MR) is 137 cm³/mol. The standard InChI is InChI=1S/C28H44O2Si/c1-4-7-8-9-10-11-12-13-14-18-25-29-31(5-2,6-3)30-28-23-21-27(22-24-28)26-19-16-15-17-20-26/h15-17,19-24H,4-14,18,25H2,1-3H3. The number of unbranched alkanes of at least 4 members (excludes halogenated alkanes) is 9. The van der Waals surface area contributed by atoms with Crippen molar-refractivity contribution in [3.63, 3.8) is 0 Å². The highest BCUT2D eigenvalue weighted by Gasteiger charge is 2.35. The number of hydrogen-bond acceptors (Lipinski definition) is 2. The molecule has 0 saturated heterocycles. The lowest BCUT2D eigenvalue weighted by Crippen LogP contribution is -2.44. The van der Waals surface area contributed by atoms with E-state index in [4.69, 9.17) is 8.85 Å². The molecule has 0 bridgehead atoms. The summed E-state index contributed by atoms with van der Waals surface area (Å²) in [5, 5.41) is 0. The third-order valence-corrected chi connectivity index (χ3v) is 9.70. The van der Waals surface area contributed by atoms with Crippen molar-refractivity contribution in [2.24, 2.45) is 0 Å². The Bertz CT molecular complexity index is 680. The van der Waals surface area contributed by atoms with Crippen molar-refractivity contribution in [2.75, 3.05) is 6.61 Å². The van der Waals surface area contributed by atoms with E-state index in [0.717, 1.165) is 30.9 Å². The van der Waals surface area contributed by atoms with Gasteiger partial charge in [0.1, 0.15) is 5.75 Å². The van der Waals surface area contributed by atoms with Crippen molar-refractivity contribution in [1.82, 2.24) is 0 Å². The molecule has 2 rings (SSSR count). The van der Waals surface area contributed by atoms with Gasteiger partial charge in [-0.25, -0.2) is 0 Å². The van der Waals surface area contributed by atoms with Crippen molar-refractivity contribution in [3.05, 3.63) is 54.6 Å². The molecule has 0 aliphatic carbocycles.